The Balaban J connectivity index is 1.57. The van der Waals surface area contributed by atoms with Gasteiger partial charge >= 0.3 is 0 Å². The number of piperidine rings is 1. The van der Waals surface area contributed by atoms with E-state index in [1.807, 2.05) is 50.1 Å². The first-order valence-electron chi connectivity index (χ1n) is 14.8. The summed E-state index contributed by atoms with van der Waals surface area (Å²) in [5.41, 5.74) is 5.21. The number of hydrogen-bond acceptors (Lipinski definition) is 6. The van der Waals surface area contributed by atoms with Crippen LogP contribution < -0.4 is 4.74 Å². The number of carbonyl (C=O) groups excluding carboxylic acids is 3. The van der Waals surface area contributed by atoms with Crippen LogP contribution in [0, 0.1) is 31.1 Å². The second kappa shape index (κ2) is 9.81. The van der Waals surface area contributed by atoms with Crippen molar-refractivity contribution in [1.29, 1.82) is 0 Å². The highest BCUT2D eigenvalue weighted by Gasteiger charge is 2.58. The number of ether oxygens (including phenoxy) is 2. The van der Waals surface area contributed by atoms with E-state index >= 15 is 0 Å². The third-order valence-electron chi connectivity index (χ3n) is 10.1. The minimum absolute atomic E-state index is 0.00944. The summed E-state index contributed by atoms with van der Waals surface area (Å²) >= 11 is 0. The summed E-state index contributed by atoms with van der Waals surface area (Å²) in [7, 11) is 3.51. The summed E-state index contributed by atoms with van der Waals surface area (Å²) in [6, 6.07) is 7.76. The fourth-order valence-electron chi connectivity index (χ4n) is 7.64. The molecule has 0 radical (unpaired) electrons. The van der Waals surface area contributed by atoms with Gasteiger partial charge in [0.05, 0.1) is 18.7 Å². The van der Waals surface area contributed by atoms with Gasteiger partial charge in [-0.1, -0.05) is 19.9 Å². The Morgan fingerprint density at radius 2 is 1.85 bits per heavy atom. The number of aryl methyl sites for hydroxylation is 1. The number of amides is 1. The van der Waals surface area contributed by atoms with Gasteiger partial charge < -0.3 is 14.4 Å². The summed E-state index contributed by atoms with van der Waals surface area (Å²) in [5.74, 6) is 0.703. The number of rotatable bonds is 5. The maximum Gasteiger partial charge on any atom is 0.230 e. The van der Waals surface area contributed by atoms with Crippen LogP contribution in [0.5, 0.6) is 5.75 Å². The number of hydrogen-bond donors (Lipinski definition) is 0. The van der Waals surface area contributed by atoms with E-state index in [0.29, 0.717) is 29.1 Å². The Morgan fingerprint density at radius 1 is 1.12 bits per heavy atom. The van der Waals surface area contributed by atoms with Gasteiger partial charge in [-0.15, -0.1) is 0 Å². The summed E-state index contributed by atoms with van der Waals surface area (Å²) in [6.45, 7) is 9.70. The van der Waals surface area contributed by atoms with Crippen LogP contribution in [0.3, 0.4) is 0 Å². The number of methoxy groups -OCH3 is 1. The number of aromatic nitrogens is 1. The first kappa shape index (κ1) is 27.7. The van der Waals surface area contributed by atoms with E-state index in [-0.39, 0.29) is 41.0 Å². The highest BCUT2D eigenvalue weighted by atomic mass is 16.5. The molecule has 1 saturated heterocycles. The van der Waals surface area contributed by atoms with Gasteiger partial charge in [-0.05, 0) is 67.3 Å². The largest absolute Gasteiger partial charge is 0.496 e. The maximum absolute atomic E-state index is 14.2. The van der Waals surface area contributed by atoms with Crippen molar-refractivity contribution >= 4 is 17.5 Å². The van der Waals surface area contributed by atoms with Gasteiger partial charge in [0.1, 0.15) is 23.3 Å². The number of allylic oxidation sites excluding steroid dienone is 2. The van der Waals surface area contributed by atoms with E-state index in [4.69, 9.17) is 14.5 Å². The Bertz CT molecular complexity index is 1500. The number of fused-ring (bicyclic) bond motifs is 1. The third kappa shape index (κ3) is 4.39. The zero-order valence-electron chi connectivity index (χ0n) is 25.2. The van der Waals surface area contributed by atoms with Crippen molar-refractivity contribution in [3.8, 4) is 17.0 Å². The van der Waals surface area contributed by atoms with Gasteiger partial charge in [-0.25, -0.2) is 4.98 Å². The summed E-state index contributed by atoms with van der Waals surface area (Å²) in [6.07, 6.45) is 3.76. The predicted octanol–water partition coefficient (Wildman–Crippen LogP) is 5.96. The van der Waals surface area contributed by atoms with Crippen molar-refractivity contribution in [1.82, 2.24) is 9.88 Å². The molecule has 1 aromatic carbocycles. The van der Waals surface area contributed by atoms with E-state index in [2.05, 4.69) is 13.8 Å². The van der Waals surface area contributed by atoms with Gasteiger partial charge in [0.15, 0.2) is 11.6 Å². The maximum atomic E-state index is 14.2. The van der Waals surface area contributed by atoms with Crippen molar-refractivity contribution in [2.75, 3.05) is 14.2 Å². The zero-order chi connectivity index (χ0) is 29.4. The average molecular weight is 557 g/mol. The van der Waals surface area contributed by atoms with Crippen LogP contribution in [0.2, 0.25) is 0 Å². The van der Waals surface area contributed by atoms with E-state index in [9.17, 15) is 14.4 Å². The summed E-state index contributed by atoms with van der Waals surface area (Å²) in [4.78, 5) is 47.1. The molecule has 1 amide bonds. The highest BCUT2D eigenvalue weighted by Crippen LogP contribution is 2.61. The molecule has 1 aromatic heterocycles. The second-order valence-corrected chi connectivity index (χ2v) is 13.0. The molecule has 216 valence electrons. The van der Waals surface area contributed by atoms with Gasteiger partial charge in [0.25, 0.3) is 0 Å². The predicted molar refractivity (Wildman–Crippen MR) is 156 cm³/mol. The fraction of sp³-hybridized carbons (Fsp3) is 0.529. The molecule has 6 rings (SSSR count). The second-order valence-electron chi connectivity index (χ2n) is 13.0. The van der Waals surface area contributed by atoms with Crippen LogP contribution in [0.25, 0.3) is 11.3 Å². The Hall–Kier alpha value is -3.48. The molecule has 2 aliphatic carbocycles. The molecule has 7 nitrogen and oxygen atoms in total. The Kier molecular flexibility index (Phi) is 6.63. The number of carbonyl (C=O) groups is 3. The molecule has 2 aromatic rings. The molecule has 4 atom stereocenters. The number of Topliss-reactive ketones (excluding diaryl/α,β-unsaturated/α-hetero) is 2. The lowest BCUT2D eigenvalue weighted by Crippen LogP contribution is -2.58. The molecule has 4 aliphatic rings. The first-order chi connectivity index (χ1) is 19.5. The zero-order valence-corrected chi connectivity index (χ0v) is 25.2. The van der Waals surface area contributed by atoms with E-state index < -0.39 is 11.8 Å². The van der Waals surface area contributed by atoms with Crippen LogP contribution in [0.1, 0.15) is 86.0 Å². The van der Waals surface area contributed by atoms with Crippen LogP contribution in [-0.4, -0.2) is 53.7 Å². The lowest BCUT2D eigenvalue weighted by Gasteiger charge is -2.50. The molecular formula is C34H40N2O5. The van der Waals surface area contributed by atoms with E-state index in [1.54, 1.807) is 7.11 Å². The SMILES string of the molecule is COc1ccc(-c2ccc(C)c(C(C)=O)n2)c(C)c1[C@H]1C2=C(CC3(CC3)CC2=O)O[C@H]2C[C@@H](C(C)C)N(C)C(=O)[C@@H]21. The van der Waals surface area contributed by atoms with Crippen LogP contribution in [0.15, 0.2) is 35.6 Å². The molecule has 3 heterocycles. The topological polar surface area (TPSA) is 85.8 Å². The van der Waals surface area contributed by atoms with Gasteiger partial charge in [0, 0.05) is 61.9 Å². The Morgan fingerprint density at radius 3 is 2.49 bits per heavy atom. The van der Waals surface area contributed by atoms with Gasteiger partial charge in [0.2, 0.25) is 5.91 Å². The molecular weight excluding hydrogens is 516 g/mol. The first-order valence-corrected chi connectivity index (χ1v) is 14.8. The highest BCUT2D eigenvalue weighted by molar-refractivity contribution is 6.01. The molecule has 41 heavy (non-hydrogen) atoms. The number of likely N-dealkylation sites (tertiary alicyclic amines) is 1. The minimum atomic E-state index is -0.535. The molecule has 2 fully saturated rings. The number of pyridine rings is 1. The normalized spacial score (nSPS) is 26.6. The van der Waals surface area contributed by atoms with Crippen molar-refractivity contribution in [3.63, 3.8) is 0 Å². The quantitative estimate of drug-likeness (QED) is 0.423. The molecule has 0 N–H and O–H groups in total. The molecule has 7 heteroatoms. The minimum Gasteiger partial charge on any atom is -0.496 e. The third-order valence-corrected chi connectivity index (χ3v) is 10.1. The standard InChI is InChI=1S/C34H40N2O5/c1-17(2)23-14-26-30(33(39)36(23)6)31(29-24(38)15-34(12-13-34)16-27(29)41-26)28-19(4)21(9-11-25(28)40-7)22-10-8-18(3)32(35-22)20(5)37/h8-11,17,23,26,30-31H,12-16H2,1-7H3/t23-,26-,30-,31-/m0/s1. The van der Waals surface area contributed by atoms with Crippen molar-refractivity contribution in [2.24, 2.45) is 17.3 Å². The van der Waals surface area contributed by atoms with Crippen LogP contribution in [0.4, 0.5) is 0 Å². The summed E-state index contributed by atoms with van der Waals surface area (Å²) in [5, 5.41) is 0. The van der Waals surface area contributed by atoms with E-state index in [1.165, 1.54) is 6.92 Å². The molecule has 1 saturated carbocycles. The number of nitrogens with zero attached hydrogens (tertiary/aromatic N) is 2. The smallest absolute Gasteiger partial charge is 0.230 e. The van der Waals surface area contributed by atoms with Crippen LogP contribution >= 0.6 is 0 Å². The lowest BCUT2D eigenvalue weighted by molar-refractivity contribution is -0.154. The lowest BCUT2D eigenvalue weighted by atomic mass is 9.65. The van der Waals surface area contributed by atoms with E-state index in [0.717, 1.165) is 53.7 Å². The monoisotopic (exact) mass is 556 g/mol. The number of ketones is 2. The van der Waals surface area contributed by atoms with Gasteiger partial charge in [-0.2, -0.15) is 0 Å². The fourth-order valence-corrected chi connectivity index (χ4v) is 7.64. The average Bonchev–Trinajstić information content (AvgIpc) is 3.67. The van der Waals surface area contributed by atoms with Gasteiger partial charge in [-0.3, -0.25) is 14.4 Å². The van der Waals surface area contributed by atoms with Crippen LogP contribution in [-0.2, 0) is 14.3 Å². The van der Waals surface area contributed by atoms with Crippen molar-refractivity contribution in [2.45, 2.75) is 84.8 Å². The molecule has 0 unspecified atom stereocenters. The Labute approximate surface area is 242 Å². The molecule has 0 bridgehead atoms. The molecule has 1 spiro atoms. The molecule has 2 aliphatic heterocycles. The van der Waals surface area contributed by atoms with Crippen molar-refractivity contribution in [3.05, 3.63) is 58.0 Å². The van der Waals surface area contributed by atoms with Crippen molar-refractivity contribution < 1.29 is 23.9 Å². The summed E-state index contributed by atoms with van der Waals surface area (Å²) < 4.78 is 12.6. The number of benzene rings is 1.